The summed E-state index contributed by atoms with van der Waals surface area (Å²) in [6.07, 6.45) is 5.55. The van der Waals surface area contributed by atoms with E-state index in [0.717, 1.165) is 18.9 Å². The molecule has 23 heavy (non-hydrogen) atoms. The zero-order valence-corrected chi connectivity index (χ0v) is 13.8. The van der Waals surface area contributed by atoms with Gasteiger partial charge in [-0.25, -0.2) is 9.78 Å². The van der Waals surface area contributed by atoms with Gasteiger partial charge in [0.25, 0.3) is 0 Å². The largest absolute Gasteiger partial charge is 0.337 e. The van der Waals surface area contributed by atoms with Crippen LogP contribution in [0.3, 0.4) is 0 Å². The summed E-state index contributed by atoms with van der Waals surface area (Å²) in [7, 11) is 3.82. The van der Waals surface area contributed by atoms with Crippen LogP contribution in [-0.4, -0.2) is 61.3 Å². The molecule has 1 N–H and O–H groups in total. The number of amides is 2. The summed E-state index contributed by atoms with van der Waals surface area (Å²) in [5.41, 5.74) is 0. The first kappa shape index (κ1) is 15.5. The van der Waals surface area contributed by atoms with Gasteiger partial charge in [-0.2, -0.15) is 5.10 Å². The van der Waals surface area contributed by atoms with E-state index in [4.69, 9.17) is 0 Å². The van der Waals surface area contributed by atoms with Crippen LogP contribution in [0.2, 0.25) is 0 Å². The molecular formula is C15H23N7O. The quantitative estimate of drug-likeness (QED) is 0.919. The van der Waals surface area contributed by atoms with E-state index in [1.54, 1.807) is 23.1 Å². The first-order valence-electron chi connectivity index (χ1n) is 7.85. The Kier molecular flexibility index (Phi) is 4.33. The highest BCUT2D eigenvalue weighted by Gasteiger charge is 2.32. The predicted molar refractivity (Wildman–Crippen MR) is 87.0 cm³/mol. The van der Waals surface area contributed by atoms with Gasteiger partial charge in [-0.15, -0.1) is 0 Å². The average Bonchev–Trinajstić information content (AvgIpc) is 3.15. The normalized spacial score (nSPS) is 19.1. The Morgan fingerprint density at radius 2 is 2.17 bits per heavy atom. The van der Waals surface area contributed by atoms with Crippen LogP contribution in [0.25, 0.3) is 0 Å². The summed E-state index contributed by atoms with van der Waals surface area (Å²) < 4.78 is 3.69. The van der Waals surface area contributed by atoms with Gasteiger partial charge in [0, 0.05) is 58.4 Å². The fraction of sp³-hybridized carbons (Fsp3) is 0.533. The number of aryl methyl sites for hydroxylation is 2. The lowest BCUT2D eigenvalue weighted by Crippen LogP contribution is -2.52. The molecule has 3 rings (SSSR count). The van der Waals surface area contributed by atoms with E-state index in [9.17, 15) is 4.79 Å². The van der Waals surface area contributed by atoms with Crippen LogP contribution in [0, 0.1) is 0 Å². The fourth-order valence-electron chi connectivity index (χ4n) is 3.00. The third kappa shape index (κ3) is 3.21. The topological polar surface area (TPSA) is 71.2 Å². The standard InChI is InChI=1S/C15H23N7O/c1-4-21-9-10-22(11-12(21)14-16-6-8-19(14)2)15(23)17-13-5-7-20(3)18-13/h5-8,12H,4,9-11H2,1-3H3,(H,17,18,23). The number of aromatic nitrogens is 4. The number of likely N-dealkylation sites (N-methyl/N-ethyl adjacent to an activating group) is 1. The van der Waals surface area contributed by atoms with Crippen molar-refractivity contribution in [3.8, 4) is 0 Å². The van der Waals surface area contributed by atoms with E-state index < -0.39 is 0 Å². The maximum absolute atomic E-state index is 12.5. The van der Waals surface area contributed by atoms with Crippen LogP contribution in [0.4, 0.5) is 10.6 Å². The van der Waals surface area contributed by atoms with Crippen molar-refractivity contribution in [3.63, 3.8) is 0 Å². The third-order valence-corrected chi connectivity index (χ3v) is 4.29. The van der Waals surface area contributed by atoms with E-state index in [-0.39, 0.29) is 12.1 Å². The molecule has 1 fully saturated rings. The Morgan fingerprint density at radius 1 is 1.35 bits per heavy atom. The Morgan fingerprint density at radius 3 is 2.78 bits per heavy atom. The molecule has 2 amide bonds. The third-order valence-electron chi connectivity index (χ3n) is 4.29. The molecule has 0 saturated carbocycles. The maximum atomic E-state index is 12.5. The lowest BCUT2D eigenvalue weighted by atomic mass is 10.1. The first-order valence-corrected chi connectivity index (χ1v) is 7.85. The maximum Gasteiger partial charge on any atom is 0.323 e. The van der Waals surface area contributed by atoms with Crippen molar-refractivity contribution in [1.82, 2.24) is 29.1 Å². The second-order valence-corrected chi connectivity index (χ2v) is 5.79. The summed E-state index contributed by atoms with van der Waals surface area (Å²) in [6, 6.07) is 1.79. The predicted octanol–water partition coefficient (Wildman–Crippen LogP) is 1.06. The van der Waals surface area contributed by atoms with E-state index in [1.807, 2.05) is 29.8 Å². The van der Waals surface area contributed by atoms with Gasteiger partial charge < -0.3 is 9.47 Å². The average molecular weight is 317 g/mol. The number of hydrogen-bond donors (Lipinski definition) is 1. The van der Waals surface area contributed by atoms with Crippen LogP contribution >= 0.6 is 0 Å². The van der Waals surface area contributed by atoms with E-state index in [2.05, 4.69) is 27.2 Å². The first-order chi connectivity index (χ1) is 11.1. The summed E-state index contributed by atoms with van der Waals surface area (Å²) in [5, 5.41) is 7.05. The van der Waals surface area contributed by atoms with Crippen LogP contribution in [0.1, 0.15) is 18.8 Å². The number of carbonyl (C=O) groups excluding carboxylic acids is 1. The van der Waals surface area contributed by atoms with Crippen LogP contribution in [0.15, 0.2) is 24.7 Å². The molecule has 2 aromatic rings. The van der Waals surface area contributed by atoms with Gasteiger partial charge >= 0.3 is 6.03 Å². The monoisotopic (exact) mass is 317 g/mol. The molecule has 8 heteroatoms. The molecule has 1 saturated heterocycles. The number of imidazole rings is 1. The molecule has 0 radical (unpaired) electrons. The van der Waals surface area contributed by atoms with E-state index >= 15 is 0 Å². The molecular weight excluding hydrogens is 294 g/mol. The Labute approximate surface area is 135 Å². The molecule has 0 spiro atoms. The van der Waals surface area contributed by atoms with Crippen molar-refractivity contribution in [3.05, 3.63) is 30.5 Å². The number of anilines is 1. The number of carbonyl (C=O) groups is 1. The number of piperazine rings is 1. The fourth-order valence-corrected chi connectivity index (χ4v) is 3.00. The summed E-state index contributed by atoms with van der Waals surface area (Å²) in [5.74, 6) is 1.56. The minimum atomic E-state index is -0.112. The number of rotatable bonds is 3. The highest BCUT2D eigenvalue weighted by atomic mass is 16.2. The van der Waals surface area contributed by atoms with Crippen molar-refractivity contribution in [1.29, 1.82) is 0 Å². The Hall–Kier alpha value is -2.35. The van der Waals surface area contributed by atoms with Crippen molar-refractivity contribution in [2.75, 3.05) is 31.5 Å². The number of urea groups is 1. The molecule has 1 aliphatic rings. The second-order valence-electron chi connectivity index (χ2n) is 5.79. The van der Waals surface area contributed by atoms with E-state index in [1.165, 1.54) is 0 Å². The molecule has 0 aromatic carbocycles. The summed E-state index contributed by atoms with van der Waals surface area (Å²) in [4.78, 5) is 21.1. The van der Waals surface area contributed by atoms with Gasteiger partial charge in [-0.1, -0.05) is 6.92 Å². The molecule has 1 atom stereocenters. The number of nitrogens with one attached hydrogen (secondary N) is 1. The van der Waals surface area contributed by atoms with Crippen molar-refractivity contribution >= 4 is 11.8 Å². The van der Waals surface area contributed by atoms with Gasteiger partial charge in [0.05, 0.1) is 6.04 Å². The number of nitrogens with zero attached hydrogens (tertiary/aromatic N) is 6. The minimum absolute atomic E-state index is 0.112. The highest BCUT2D eigenvalue weighted by molar-refractivity contribution is 5.88. The smallest absolute Gasteiger partial charge is 0.323 e. The Balaban J connectivity index is 1.72. The van der Waals surface area contributed by atoms with Gasteiger partial charge in [0.15, 0.2) is 5.82 Å². The molecule has 1 aliphatic heterocycles. The highest BCUT2D eigenvalue weighted by Crippen LogP contribution is 2.24. The molecule has 124 valence electrons. The summed E-state index contributed by atoms with van der Waals surface area (Å²) >= 11 is 0. The lowest BCUT2D eigenvalue weighted by molar-refractivity contribution is 0.0926. The van der Waals surface area contributed by atoms with Gasteiger partial charge in [0.2, 0.25) is 0 Å². The van der Waals surface area contributed by atoms with Crippen molar-refractivity contribution in [2.24, 2.45) is 14.1 Å². The van der Waals surface area contributed by atoms with Gasteiger partial charge in [-0.3, -0.25) is 14.9 Å². The molecule has 2 aromatic heterocycles. The zero-order valence-electron chi connectivity index (χ0n) is 13.8. The van der Waals surface area contributed by atoms with Gasteiger partial charge in [0.1, 0.15) is 5.82 Å². The van der Waals surface area contributed by atoms with Crippen LogP contribution in [0.5, 0.6) is 0 Å². The molecule has 3 heterocycles. The second kappa shape index (κ2) is 6.41. The Bertz CT molecular complexity index is 677. The molecule has 0 aliphatic carbocycles. The SMILES string of the molecule is CCN1CCN(C(=O)Nc2ccn(C)n2)CC1c1nccn1C. The zero-order chi connectivity index (χ0) is 16.4. The molecule has 0 bridgehead atoms. The minimum Gasteiger partial charge on any atom is -0.337 e. The van der Waals surface area contributed by atoms with Crippen molar-refractivity contribution in [2.45, 2.75) is 13.0 Å². The molecule has 8 nitrogen and oxygen atoms in total. The molecule has 1 unspecified atom stereocenters. The van der Waals surface area contributed by atoms with E-state index in [0.29, 0.717) is 18.9 Å². The van der Waals surface area contributed by atoms with Gasteiger partial charge in [-0.05, 0) is 6.54 Å². The van der Waals surface area contributed by atoms with Crippen LogP contribution in [-0.2, 0) is 14.1 Å². The summed E-state index contributed by atoms with van der Waals surface area (Å²) in [6.45, 7) is 5.24. The van der Waals surface area contributed by atoms with Crippen LogP contribution < -0.4 is 5.32 Å². The van der Waals surface area contributed by atoms with Crippen molar-refractivity contribution < 1.29 is 4.79 Å². The number of hydrogen-bond acceptors (Lipinski definition) is 4. The lowest BCUT2D eigenvalue weighted by Gasteiger charge is -2.40.